The molecule has 0 radical (unpaired) electrons. The second kappa shape index (κ2) is 6.51. The monoisotopic (exact) mass is 321 g/mol. The van der Waals surface area contributed by atoms with Crippen molar-refractivity contribution in [2.24, 2.45) is 0 Å². The quantitative estimate of drug-likeness (QED) is 0.845. The number of halogens is 3. The summed E-state index contributed by atoms with van der Waals surface area (Å²) in [6, 6.07) is 9.83. The molecule has 0 aliphatic rings. The summed E-state index contributed by atoms with van der Waals surface area (Å²) < 4.78 is 37.6. The van der Waals surface area contributed by atoms with Gasteiger partial charge in [0.2, 0.25) is 0 Å². The number of nitrogens with one attached hydrogen (secondary N) is 1. The second-order valence-corrected chi connectivity index (χ2v) is 4.85. The summed E-state index contributed by atoms with van der Waals surface area (Å²) in [6.07, 6.45) is -2.98. The number of hydrogen-bond acceptors (Lipinski definition) is 4. The molecule has 2 aromatic rings. The van der Waals surface area contributed by atoms with E-state index in [1.807, 2.05) is 6.92 Å². The number of nitrogens with zero attached hydrogens (tertiary/aromatic N) is 1. The number of allylic oxidation sites excluding steroid dienone is 1. The van der Waals surface area contributed by atoms with Gasteiger partial charge in [-0.05, 0) is 24.6 Å². The van der Waals surface area contributed by atoms with Gasteiger partial charge >= 0.3 is 6.18 Å². The molecule has 0 unspecified atom stereocenters. The highest BCUT2D eigenvalue weighted by atomic mass is 19.4. The molecule has 3 N–H and O–H groups in total. The Morgan fingerprint density at radius 2 is 1.87 bits per heavy atom. The molecule has 0 bridgehead atoms. The van der Waals surface area contributed by atoms with Crippen LogP contribution in [-0.4, -0.2) is 16.9 Å². The van der Waals surface area contributed by atoms with Crippen LogP contribution in [0.15, 0.2) is 48.7 Å². The maximum Gasteiger partial charge on any atom is 0.454 e. The topological polar surface area (TPSA) is 68.0 Å². The molecule has 1 heterocycles. The fourth-order valence-electron chi connectivity index (χ4n) is 1.81. The first kappa shape index (κ1) is 16.5. The van der Waals surface area contributed by atoms with E-state index in [9.17, 15) is 18.0 Å². The van der Waals surface area contributed by atoms with Crippen LogP contribution in [0.1, 0.15) is 11.1 Å². The zero-order chi connectivity index (χ0) is 17.0. The Hall–Kier alpha value is -2.83. The Morgan fingerprint density at radius 3 is 2.43 bits per heavy atom. The zero-order valence-corrected chi connectivity index (χ0v) is 12.2. The number of anilines is 2. The van der Waals surface area contributed by atoms with Crippen LogP contribution in [0.5, 0.6) is 0 Å². The number of aryl methyl sites for hydroxylation is 1. The number of alkyl halides is 3. The molecule has 0 aliphatic carbocycles. The van der Waals surface area contributed by atoms with Gasteiger partial charge in [0.1, 0.15) is 5.82 Å². The summed E-state index contributed by atoms with van der Waals surface area (Å²) in [5, 5.41) is 2.74. The highest BCUT2D eigenvalue weighted by molar-refractivity contribution is 6.02. The van der Waals surface area contributed by atoms with E-state index >= 15 is 0 Å². The minimum Gasteiger partial charge on any atom is -0.382 e. The molecular formula is C16H14F3N3O. The molecular weight excluding hydrogens is 307 g/mol. The minimum absolute atomic E-state index is 0.00738. The fourth-order valence-corrected chi connectivity index (χ4v) is 1.81. The van der Waals surface area contributed by atoms with Gasteiger partial charge in [0.05, 0.1) is 5.69 Å². The first-order chi connectivity index (χ1) is 10.8. The van der Waals surface area contributed by atoms with Crippen molar-refractivity contribution < 1.29 is 18.0 Å². The zero-order valence-electron chi connectivity index (χ0n) is 12.2. The van der Waals surface area contributed by atoms with Crippen LogP contribution >= 0.6 is 0 Å². The summed E-state index contributed by atoms with van der Waals surface area (Å²) in [4.78, 5) is 15.2. The Morgan fingerprint density at radius 1 is 1.22 bits per heavy atom. The lowest BCUT2D eigenvalue weighted by molar-refractivity contribution is -0.165. The van der Waals surface area contributed by atoms with E-state index in [1.54, 1.807) is 36.4 Å². The summed E-state index contributed by atoms with van der Waals surface area (Å²) in [5.41, 5.74) is 7.35. The number of carbonyl (C=O) groups excluding carboxylic acids is 1. The molecule has 0 fully saturated rings. The van der Waals surface area contributed by atoms with E-state index in [4.69, 9.17) is 5.73 Å². The Bertz CT molecular complexity index is 737. The molecule has 4 nitrogen and oxygen atoms in total. The van der Waals surface area contributed by atoms with Crippen LogP contribution < -0.4 is 11.1 Å². The van der Waals surface area contributed by atoms with Gasteiger partial charge in [0.15, 0.2) is 0 Å². The standard InChI is InChI=1S/C16H14F3N3O/c1-10-4-6-11(7-5-10)13(9-14(23)16(17,18)19)22-12-3-2-8-21-15(12)20/h2-9,22H,1H3,(H2,20,21)/b13-9+. The third kappa shape index (κ3) is 4.32. The maximum atomic E-state index is 12.5. The number of nitrogens with two attached hydrogens (primary N) is 1. The molecule has 0 saturated carbocycles. The lowest BCUT2D eigenvalue weighted by atomic mass is 10.1. The van der Waals surface area contributed by atoms with Crippen molar-refractivity contribution in [3.8, 4) is 0 Å². The van der Waals surface area contributed by atoms with Crippen LogP contribution in [0, 0.1) is 6.92 Å². The first-order valence-corrected chi connectivity index (χ1v) is 6.65. The van der Waals surface area contributed by atoms with Crippen LogP contribution in [-0.2, 0) is 4.79 Å². The van der Waals surface area contributed by atoms with Gasteiger partial charge in [0.25, 0.3) is 5.78 Å². The number of pyridine rings is 1. The van der Waals surface area contributed by atoms with Crippen LogP contribution in [0.4, 0.5) is 24.7 Å². The van der Waals surface area contributed by atoms with E-state index < -0.39 is 12.0 Å². The number of hydrogen-bond donors (Lipinski definition) is 2. The van der Waals surface area contributed by atoms with Crippen LogP contribution in [0.2, 0.25) is 0 Å². The fraction of sp³-hybridized carbons (Fsp3) is 0.125. The predicted octanol–water partition coefficient (Wildman–Crippen LogP) is 3.56. The number of rotatable bonds is 4. The van der Waals surface area contributed by atoms with Crippen molar-refractivity contribution in [2.75, 3.05) is 11.1 Å². The number of nitrogen functional groups attached to an aromatic ring is 1. The minimum atomic E-state index is -4.95. The van der Waals surface area contributed by atoms with E-state index in [2.05, 4.69) is 10.3 Å². The Kier molecular flexibility index (Phi) is 4.68. The summed E-state index contributed by atoms with van der Waals surface area (Å²) in [5.74, 6) is -1.84. The third-order valence-corrected chi connectivity index (χ3v) is 3.03. The van der Waals surface area contributed by atoms with Crippen molar-refractivity contribution >= 4 is 23.0 Å². The van der Waals surface area contributed by atoms with Crippen molar-refractivity contribution in [1.29, 1.82) is 0 Å². The smallest absolute Gasteiger partial charge is 0.382 e. The van der Waals surface area contributed by atoms with Gasteiger partial charge in [0, 0.05) is 18.0 Å². The highest BCUT2D eigenvalue weighted by Crippen LogP contribution is 2.25. The number of ketones is 1. The first-order valence-electron chi connectivity index (χ1n) is 6.65. The Balaban J connectivity index is 2.43. The number of carbonyl (C=O) groups is 1. The van der Waals surface area contributed by atoms with E-state index in [1.165, 1.54) is 6.20 Å². The number of benzene rings is 1. The van der Waals surface area contributed by atoms with Gasteiger partial charge in [-0.1, -0.05) is 29.8 Å². The lowest BCUT2D eigenvalue weighted by Gasteiger charge is -2.13. The maximum absolute atomic E-state index is 12.5. The number of aromatic nitrogens is 1. The molecule has 1 aromatic carbocycles. The predicted molar refractivity (Wildman–Crippen MR) is 82.5 cm³/mol. The van der Waals surface area contributed by atoms with Crippen molar-refractivity contribution in [2.45, 2.75) is 13.1 Å². The van der Waals surface area contributed by atoms with E-state index in [0.717, 1.165) is 5.56 Å². The van der Waals surface area contributed by atoms with Gasteiger partial charge in [-0.15, -0.1) is 0 Å². The van der Waals surface area contributed by atoms with E-state index in [0.29, 0.717) is 17.3 Å². The molecule has 7 heteroatoms. The summed E-state index contributed by atoms with van der Waals surface area (Å²) in [6.45, 7) is 1.85. The Labute approximate surface area is 130 Å². The van der Waals surface area contributed by atoms with Gasteiger partial charge in [-0.2, -0.15) is 13.2 Å². The normalized spacial score (nSPS) is 12.1. The average Bonchev–Trinajstić information content (AvgIpc) is 2.48. The lowest BCUT2D eigenvalue weighted by Crippen LogP contribution is -2.21. The van der Waals surface area contributed by atoms with Crippen molar-refractivity contribution in [3.63, 3.8) is 0 Å². The van der Waals surface area contributed by atoms with E-state index in [-0.39, 0.29) is 11.5 Å². The molecule has 0 saturated heterocycles. The highest BCUT2D eigenvalue weighted by Gasteiger charge is 2.37. The summed E-state index contributed by atoms with van der Waals surface area (Å²) >= 11 is 0. The molecule has 23 heavy (non-hydrogen) atoms. The third-order valence-electron chi connectivity index (χ3n) is 3.03. The molecule has 2 rings (SSSR count). The molecule has 0 atom stereocenters. The second-order valence-electron chi connectivity index (χ2n) is 4.85. The van der Waals surface area contributed by atoms with Gasteiger partial charge in [-0.3, -0.25) is 4.79 Å². The van der Waals surface area contributed by atoms with Gasteiger partial charge < -0.3 is 11.1 Å². The SMILES string of the molecule is Cc1ccc(/C(=C\C(=O)C(F)(F)F)Nc2cccnc2N)cc1. The van der Waals surface area contributed by atoms with Gasteiger partial charge in [-0.25, -0.2) is 4.98 Å². The summed E-state index contributed by atoms with van der Waals surface area (Å²) in [7, 11) is 0. The van der Waals surface area contributed by atoms with Crippen molar-refractivity contribution in [3.05, 3.63) is 59.8 Å². The molecule has 0 amide bonds. The molecule has 120 valence electrons. The van der Waals surface area contributed by atoms with Crippen LogP contribution in [0.25, 0.3) is 5.70 Å². The average molecular weight is 321 g/mol. The molecule has 0 spiro atoms. The van der Waals surface area contributed by atoms with Crippen molar-refractivity contribution in [1.82, 2.24) is 4.98 Å². The van der Waals surface area contributed by atoms with Crippen LogP contribution in [0.3, 0.4) is 0 Å². The largest absolute Gasteiger partial charge is 0.454 e. The molecule has 1 aromatic heterocycles. The molecule has 0 aliphatic heterocycles.